The van der Waals surface area contributed by atoms with Gasteiger partial charge in [-0.2, -0.15) is 0 Å². The van der Waals surface area contributed by atoms with Gasteiger partial charge in [-0.25, -0.2) is 0 Å². The van der Waals surface area contributed by atoms with Gasteiger partial charge in [0.1, 0.15) is 0 Å². The molecule has 1 rings (SSSR count). The van der Waals surface area contributed by atoms with E-state index in [2.05, 4.69) is 18.7 Å². The van der Waals surface area contributed by atoms with Gasteiger partial charge in [-0.1, -0.05) is 13.8 Å². The molecule has 0 saturated carbocycles. The van der Waals surface area contributed by atoms with Gasteiger partial charge in [0, 0.05) is 12.6 Å². The first-order valence-corrected chi connectivity index (χ1v) is 6.74. The number of hydrogen-bond donors (Lipinski definition) is 1. The zero-order chi connectivity index (χ0) is 11.1. The lowest BCUT2D eigenvalue weighted by Gasteiger charge is -2.32. The molecule has 2 unspecified atom stereocenters. The summed E-state index contributed by atoms with van der Waals surface area (Å²) in [5, 5.41) is 0. The average molecular weight is 212 g/mol. The molecule has 0 aromatic carbocycles. The van der Waals surface area contributed by atoms with Gasteiger partial charge in [0.15, 0.2) is 0 Å². The molecule has 15 heavy (non-hydrogen) atoms. The van der Waals surface area contributed by atoms with Crippen molar-refractivity contribution in [2.75, 3.05) is 19.6 Å². The Labute approximate surface area is 95.2 Å². The van der Waals surface area contributed by atoms with Gasteiger partial charge in [0.2, 0.25) is 0 Å². The highest BCUT2D eigenvalue weighted by atomic mass is 15.1. The number of nitrogens with zero attached hydrogens (tertiary/aromatic N) is 1. The summed E-state index contributed by atoms with van der Waals surface area (Å²) in [6.45, 7) is 8.40. The molecule has 0 bridgehead atoms. The van der Waals surface area contributed by atoms with Crippen LogP contribution < -0.4 is 5.73 Å². The SMILES string of the molecule is CCCN1CCCC(CCC(N)CC)C1. The average Bonchev–Trinajstić information content (AvgIpc) is 2.27. The molecule has 2 atom stereocenters. The number of rotatable bonds is 6. The molecule has 0 aliphatic carbocycles. The van der Waals surface area contributed by atoms with Crippen molar-refractivity contribution in [3.05, 3.63) is 0 Å². The maximum absolute atomic E-state index is 5.97. The van der Waals surface area contributed by atoms with Gasteiger partial charge in [0.25, 0.3) is 0 Å². The Hall–Kier alpha value is -0.0800. The van der Waals surface area contributed by atoms with Crippen LogP contribution in [-0.2, 0) is 0 Å². The van der Waals surface area contributed by atoms with E-state index >= 15 is 0 Å². The van der Waals surface area contributed by atoms with E-state index < -0.39 is 0 Å². The molecular formula is C13H28N2. The molecule has 0 spiro atoms. The lowest BCUT2D eigenvalue weighted by atomic mass is 9.91. The van der Waals surface area contributed by atoms with Crippen molar-refractivity contribution in [3.8, 4) is 0 Å². The van der Waals surface area contributed by atoms with Crippen LogP contribution in [0.25, 0.3) is 0 Å². The van der Waals surface area contributed by atoms with Crippen LogP contribution in [0.4, 0.5) is 0 Å². The molecule has 1 heterocycles. The van der Waals surface area contributed by atoms with Gasteiger partial charge in [0.05, 0.1) is 0 Å². The van der Waals surface area contributed by atoms with Crippen molar-refractivity contribution in [2.24, 2.45) is 11.7 Å². The molecule has 1 aliphatic rings. The zero-order valence-corrected chi connectivity index (χ0v) is 10.5. The van der Waals surface area contributed by atoms with Crippen LogP contribution >= 0.6 is 0 Å². The molecule has 2 heteroatoms. The Kier molecular flexibility index (Phi) is 6.26. The molecule has 0 amide bonds. The maximum Gasteiger partial charge on any atom is 0.00363 e. The van der Waals surface area contributed by atoms with E-state index in [1.54, 1.807) is 0 Å². The summed E-state index contributed by atoms with van der Waals surface area (Å²) in [6.07, 6.45) is 7.81. The Morgan fingerprint density at radius 1 is 1.40 bits per heavy atom. The lowest BCUT2D eigenvalue weighted by molar-refractivity contribution is 0.165. The van der Waals surface area contributed by atoms with Crippen LogP contribution in [0, 0.1) is 5.92 Å². The number of nitrogens with two attached hydrogens (primary N) is 1. The monoisotopic (exact) mass is 212 g/mol. The predicted octanol–water partition coefficient (Wildman–Crippen LogP) is 2.63. The highest BCUT2D eigenvalue weighted by Gasteiger charge is 2.19. The standard InChI is InChI=1S/C13H28N2/c1-3-9-15-10-5-6-12(11-15)7-8-13(14)4-2/h12-13H,3-11,14H2,1-2H3. The molecule has 2 N–H and O–H groups in total. The minimum atomic E-state index is 0.437. The van der Waals surface area contributed by atoms with Crippen molar-refractivity contribution in [1.29, 1.82) is 0 Å². The molecule has 0 aromatic heterocycles. The quantitative estimate of drug-likeness (QED) is 0.733. The molecule has 90 valence electrons. The Balaban J connectivity index is 2.18. The van der Waals surface area contributed by atoms with Crippen molar-refractivity contribution in [3.63, 3.8) is 0 Å². The van der Waals surface area contributed by atoms with E-state index in [1.807, 2.05) is 0 Å². The first-order valence-electron chi connectivity index (χ1n) is 6.74. The fourth-order valence-corrected chi connectivity index (χ4v) is 2.56. The van der Waals surface area contributed by atoms with Crippen LogP contribution in [0.5, 0.6) is 0 Å². The Morgan fingerprint density at radius 3 is 2.87 bits per heavy atom. The number of hydrogen-bond acceptors (Lipinski definition) is 2. The van der Waals surface area contributed by atoms with E-state index in [0.29, 0.717) is 6.04 Å². The van der Waals surface area contributed by atoms with Crippen LogP contribution in [0.2, 0.25) is 0 Å². The molecular weight excluding hydrogens is 184 g/mol. The van der Waals surface area contributed by atoms with Crippen LogP contribution in [0.3, 0.4) is 0 Å². The van der Waals surface area contributed by atoms with E-state index in [1.165, 1.54) is 51.7 Å². The molecule has 0 radical (unpaired) electrons. The topological polar surface area (TPSA) is 29.3 Å². The van der Waals surface area contributed by atoms with Crippen molar-refractivity contribution < 1.29 is 0 Å². The third-order valence-electron chi connectivity index (χ3n) is 3.61. The minimum Gasteiger partial charge on any atom is -0.328 e. The maximum atomic E-state index is 5.97. The Bertz CT molecular complexity index is 157. The van der Waals surface area contributed by atoms with Gasteiger partial charge in [-0.15, -0.1) is 0 Å². The van der Waals surface area contributed by atoms with Crippen LogP contribution in [-0.4, -0.2) is 30.6 Å². The second-order valence-electron chi connectivity index (χ2n) is 5.05. The summed E-state index contributed by atoms with van der Waals surface area (Å²) >= 11 is 0. The van der Waals surface area contributed by atoms with Crippen LogP contribution in [0.15, 0.2) is 0 Å². The number of piperidine rings is 1. The van der Waals surface area contributed by atoms with Gasteiger partial charge in [-0.05, 0) is 57.5 Å². The summed E-state index contributed by atoms with van der Waals surface area (Å²) < 4.78 is 0. The number of likely N-dealkylation sites (tertiary alicyclic amines) is 1. The largest absolute Gasteiger partial charge is 0.328 e. The van der Waals surface area contributed by atoms with Gasteiger partial charge >= 0.3 is 0 Å². The van der Waals surface area contributed by atoms with Gasteiger partial charge < -0.3 is 10.6 Å². The van der Waals surface area contributed by atoms with Crippen molar-refractivity contribution >= 4 is 0 Å². The summed E-state index contributed by atoms with van der Waals surface area (Å²) in [5.74, 6) is 0.919. The van der Waals surface area contributed by atoms with E-state index in [0.717, 1.165) is 12.3 Å². The molecule has 2 nitrogen and oxygen atoms in total. The second-order valence-corrected chi connectivity index (χ2v) is 5.05. The lowest BCUT2D eigenvalue weighted by Crippen LogP contribution is -2.36. The first-order chi connectivity index (χ1) is 7.26. The highest BCUT2D eigenvalue weighted by molar-refractivity contribution is 4.74. The third-order valence-corrected chi connectivity index (χ3v) is 3.61. The fraction of sp³-hybridized carbons (Fsp3) is 1.00. The van der Waals surface area contributed by atoms with E-state index in [4.69, 9.17) is 5.73 Å². The zero-order valence-electron chi connectivity index (χ0n) is 10.5. The third kappa shape index (κ3) is 4.98. The molecule has 1 fully saturated rings. The van der Waals surface area contributed by atoms with Crippen LogP contribution in [0.1, 0.15) is 52.4 Å². The molecule has 1 saturated heterocycles. The van der Waals surface area contributed by atoms with Crippen molar-refractivity contribution in [1.82, 2.24) is 4.90 Å². The summed E-state index contributed by atoms with van der Waals surface area (Å²) in [7, 11) is 0. The van der Waals surface area contributed by atoms with E-state index in [9.17, 15) is 0 Å². The fourth-order valence-electron chi connectivity index (χ4n) is 2.56. The second kappa shape index (κ2) is 7.24. The van der Waals surface area contributed by atoms with Gasteiger partial charge in [-0.3, -0.25) is 0 Å². The van der Waals surface area contributed by atoms with E-state index in [-0.39, 0.29) is 0 Å². The summed E-state index contributed by atoms with van der Waals surface area (Å²) in [6, 6.07) is 0.437. The predicted molar refractivity (Wildman–Crippen MR) is 67.0 cm³/mol. The van der Waals surface area contributed by atoms with Crippen molar-refractivity contribution in [2.45, 2.75) is 58.4 Å². The molecule has 1 aliphatic heterocycles. The summed E-state index contributed by atoms with van der Waals surface area (Å²) in [5.41, 5.74) is 5.97. The Morgan fingerprint density at radius 2 is 2.20 bits per heavy atom. The molecule has 0 aromatic rings. The smallest absolute Gasteiger partial charge is 0.00363 e. The normalized spacial score (nSPS) is 25.4. The summed E-state index contributed by atoms with van der Waals surface area (Å²) in [4.78, 5) is 2.63. The highest BCUT2D eigenvalue weighted by Crippen LogP contribution is 2.21. The first kappa shape index (κ1) is 13.0. The minimum absolute atomic E-state index is 0.437.